The van der Waals surface area contributed by atoms with Gasteiger partial charge in [0, 0.05) is 10.8 Å². The summed E-state index contributed by atoms with van der Waals surface area (Å²) in [4.78, 5) is 55.1. The van der Waals surface area contributed by atoms with Crippen molar-refractivity contribution in [1.82, 2.24) is 4.90 Å². The van der Waals surface area contributed by atoms with Crippen molar-refractivity contribution in [3.8, 4) is 11.5 Å². The fourth-order valence-electron chi connectivity index (χ4n) is 7.43. The first-order valence-corrected chi connectivity index (χ1v) is 15.6. The summed E-state index contributed by atoms with van der Waals surface area (Å²) >= 11 is 16.1. The molecule has 3 heterocycles. The van der Waals surface area contributed by atoms with Gasteiger partial charge in [0.1, 0.15) is 5.82 Å². The minimum Gasteiger partial charge on any atom is -0.504 e. The summed E-state index contributed by atoms with van der Waals surface area (Å²) in [6.07, 6.45) is 1.90. The Hall–Kier alpha value is -3.73. The van der Waals surface area contributed by atoms with E-state index >= 15 is 0 Å². The van der Waals surface area contributed by atoms with Gasteiger partial charge in [-0.15, -0.1) is 34.5 Å². The zero-order valence-corrected chi connectivity index (χ0v) is 25.5. The molecule has 2 aromatic carbocycles. The molecule has 0 spiro atoms. The maximum absolute atomic E-state index is 14.4. The number of phenolic OH excluding ortho intramolecular Hbond substituents is 1. The molecule has 2 aliphatic carbocycles. The minimum absolute atomic E-state index is 0.0990. The third kappa shape index (κ3) is 3.87. The largest absolute Gasteiger partial charge is 0.504 e. The topological polar surface area (TPSA) is 104 Å². The smallest absolute Gasteiger partial charge is 0.258 e. The SMILES string of the molecule is COc1cc(C2C3=CCC4C(=O)N(Cc5cccs5)C(=O)C4C3CC3(Cl)C(=O)N(c4ccc(F)cc4)C(=O)C23Cl)ccc1O. The van der Waals surface area contributed by atoms with Crippen LogP contribution in [-0.4, -0.2) is 50.5 Å². The first-order chi connectivity index (χ1) is 21.0. The number of hydrogen-bond donors (Lipinski definition) is 1. The van der Waals surface area contributed by atoms with Crippen molar-refractivity contribution >= 4 is 63.9 Å². The monoisotopic (exact) mass is 654 g/mol. The summed E-state index contributed by atoms with van der Waals surface area (Å²) in [5, 5.41) is 12.2. The number of benzene rings is 2. The van der Waals surface area contributed by atoms with Crippen LogP contribution in [0.25, 0.3) is 0 Å². The average Bonchev–Trinajstić information content (AvgIpc) is 3.65. The van der Waals surface area contributed by atoms with Crippen LogP contribution in [0.15, 0.2) is 71.6 Å². The van der Waals surface area contributed by atoms with Gasteiger partial charge in [0.05, 0.1) is 31.2 Å². The molecular weight excluding hydrogens is 630 g/mol. The minimum atomic E-state index is -2.07. The number of imide groups is 2. The summed E-state index contributed by atoms with van der Waals surface area (Å²) in [5.74, 6) is -6.04. The zero-order valence-electron chi connectivity index (χ0n) is 23.2. The highest BCUT2D eigenvalue weighted by atomic mass is 35.5. The molecule has 1 saturated carbocycles. The third-order valence-electron chi connectivity index (χ3n) is 9.42. The second-order valence-corrected chi connectivity index (χ2v) is 13.8. The number of fused-ring (bicyclic) bond motifs is 4. The Labute approximate surface area is 265 Å². The molecule has 2 aliphatic heterocycles. The van der Waals surface area contributed by atoms with Crippen LogP contribution in [0.3, 0.4) is 0 Å². The van der Waals surface area contributed by atoms with Gasteiger partial charge in [-0.05, 0) is 72.2 Å². The predicted molar refractivity (Wildman–Crippen MR) is 161 cm³/mol. The number of hydrogen-bond acceptors (Lipinski definition) is 7. The van der Waals surface area contributed by atoms with Crippen molar-refractivity contribution in [3.63, 3.8) is 0 Å². The molecule has 6 unspecified atom stereocenters. The molecule has 226 valence electrons. The molecular formula is C32H25Cl2FN2O6S. The van der Waals surface area contributed by atoms with E-state index < -0.39 is 51.1 Å². The maximum atomic E-state index is 14.4. The fourth-order valence-corrected chi connectivity index (χ4v) is 9.05. The number of alkyl halides is 2. The first kappa shape index (κ1) is 29.0. The summed E-state index contributed by atoms with van der Waals surface area (Å²) in [6, 6.07) is 13.0. The van der Waals surface area contributed by atoms with Crippen molar-refractivity contribution in [2.24, 2.45) is 17.8 Å². The number of carbonyl (C=O) groups excluding carboxylic acids is 4. The van der Waals surface area contributed by atoms with E-state index in [0.29, 0.717) is 11.1 Å². The van der Waals surface area contributed by atoms with Gasteiger partial charge in [0.2, 0.25) is 11.8 Å². The van der Waals surface area contributed by atoms with Crippen LogP contribution in [0.1, 0.15) is 29.2 Å². The molecule has 0 radical (unpaired) electrons. The van der Waals surface area contributed by atoms with Gasteiger partial charge in [-0.3, -0.25) is 24.1 Å². The van der Waals surface area contributed by atoms with Crippen molar-refractivity contribution in [2.45, 2.75) is 35.1 Å². The van der Waals surface area contributed by atoms with Crippen LogP contribution in [0.2, 0.25) is 0 Å². The fraction of sp³-hybridized carbons (Fsp3) is 0.312. The number of likely N-dealkylation sites (tertiary alicyclic amines) is 1. The van der Waals surface area contributed by atoms with E-state index in [-0.39, 0.29) is 48.4 Å². The average molecular weight is 656 g/mol. The van der Waals surface area contributed by atoms with E-state index in [1.807, 2.05) is 23.6 Å². The molecule has 44 heavy (non-hydrogen) atoms. The number of halogens is 3. The van der Waals surface area contributed by atoms with Crippen LogP contribution < -0.4 is 9.64 Å². The Bertz CT molecular complexity index is 1760. The lowest BCUT2D eigenvalue weighted by Crippen LogP contribution is -2.60. The van der Waals surface area contributed by atoms with E-state index in [4.69, 9.17) is 27.9 Å². The van der Waals surface area contributed by atoms with Crippen LogP contribution in [0.5, 0.6) is 11.5 Å². The van der Waals surface area contributed by atoms with Crippen LogP contribution in [-0.2, 0) is 25.7 Å². The number of aromatic hydroxyl groups is 1. The number of rotatable bonds is 5. The van der Waals surface area contributed by atoms with Crippen molar-refractivity contribution in [3.05, 3.63) is 87.9 Å². The Kier molecular flexibility index (Phi) is 6.69. The quantitative estimate of drug-likeness (QED) is 0.226. The Morgan fingerprint density at radius 1 is 1.02 bits per heavy atom. The number of anilines is 1. The normalized spacial score (nSPS) is 31.1. The molecule has 4 aliphatic rings. The van der Waals surface area contributed by atoms with Crippen molar-refractivity contribution in [1.29, 1.82) is 0 Å². The zero-order chi connectivity index (χ0) is 31.1. The number of carbonyl (C=O) groups is 4. The van der Waals surface area contributed by atoms with Gasteiger partial charge < -0.3 is 9.84 Å². The molecule has 3 fully saturated rings. The summed E-state index contributed by atoms with van der Waals surface area (Å²) < 4.78 is 19.2. The van der Waals surface area contributed by atoms with Gasteiger partial charge >= 0.3 is 0 Å². The Balaban J connectivity index is 1.39. The molecule has 4 amide bonds. The van der Waals surface area contributed by atoms with Crippen molar-refractivity contribution < 1.29 is 33.4 Å². The van der Waals surface area contributed by atoms with Gasteiger partial charge in [-0.25, -0.2) is 9.29 Å². The Morgan fingerprint density at radius 3 is 2.45 bits per heavy atom. The molecule has 8 nitrogen and oxygen atoms in total. The molecule has 0 bridgehead atoms. The lowest BCUT2D eigenvalue weighted by Gasteiger charge is -2.50. The number of allylic oxidation sites excluding steroid dienone is 2. The maximum Gasteiger partial charge on any atom is 0.258 e. The highest BCUT2D eigenvalue weighted by molar-refractivity contribution is 7.09. The number of thiophene rings is 1. The molecule has 7 rings (SSSR count). The van der Waals surface area contributed by atoms with E-state index in [2.05, 4.69) is 0 Å². The van der Waals surface area contributed by atoms with Gasteiger partial charge in [0.15, 0.2) is 21.2 Å². The summed E-state index contributed by atoms with van der Waals surface area (Å²) in [7, 11) is 1.38. The van der Waals surface area contributed by atoms with Crippen LogP contribution in [0, 0.1) is 23.6 Å². The lowest BCUT2D eigenvalue weighted by molar-refractivity contribution is -0.141. The van der Waals surface area contributed by atoms with Crippen LogP contribution in [0.4, 0.5) is 10.1 Å². The number of methoxy groups -OCH3 is 1. The van der Waals surface area contributed by atoms with Gasteiger partial charge in [0.25, 0.3) is 11.8 Å². The second kappa shape index (κ2) is 10.2. The Morgan fingerprint density at radius 2 is 1.77 bits per heavy atom. The van der Waals surface area contributed by atoms with E-state index in [9.17, 15) is 28.7 Å². The molecule has 1 N–H and O–H groups in total. The molecule has 12 heteroatoms. The highest BCUT2D eigenvalue weighted by Gasteiger charge is 2.76. The standard InChI is InChI=1S/C32H25Cl2FN2O6S/c1-43-24-13-16(4-11-23(24)38)26-20-9-10-21-25(28(40)36(27(21)39)15-19-3-2-12-44-19)22(20)14-31(33)29(41)37(30(42)32(26,31)34)18-7-5-17(35)6-8-18/h2-9,11-13,21-22,25-26,38H,10,14-15H2,1H3. The highest BCUT2D eigenvalue weighted by Crippen LogP contribution is 2.66. The number of nitrogens with zero attached hydrogens (tertiary/aromatic N) is 2. The predicted octanol–water partition coefficient (Wildman–Crippen LogP) is 5.37. The molecule has 1 aromatic heterocycles. The van der Waals surface area contributed by atoms with Gasteiger partial charge in [-0.1, -0.05) is 23.8 Å². The first-order valence-electron chi connectivity index (χ1n) is 14.0. The molecule has 2 saturated heterocycles. The lowest BCUT2D eigenvalue weighted by atomic mass is 9.56. The van der Waals surface area contributed by atoms with E-state index in [0.717, 1.165) is 21.9 Å². The third-order valence-corrected chi connectivity index (χ3v) is 11.7. The van der Waals surface area contributed by atoms with E-state index in [1.54, 1.807) is 6.07 Å². The van der Waals surface area contributed by atoms with Crippen LogP contribution >= 0.6 is 34.5 Å². The van der Waals surface area contributed by atoms with Gasteiger partial charge in [-0.2, -0.15) is 0 Å². The summed E-state index contributed by atoms with van der Waals surface area (Å²) in [6.45, 7) is 0.143. The molecule has 6 atom stereocenters. The second-order valence-electron chi connectivity index (χ2n) is 11.5. The van der Waals surface area contributed by atoms with Crippen molar-refractivity contribution in [2.75, 3.05) is 12.0 Å². The van der Waals surface area contributed by atoms with E-state index in [1.165, 1.54) is 47.6 Å². The number of phenols is 1. The number of ether oxygens (including phenoxy) is 1. The summed E-state index contributed by atoms with van der Waals surface area (Å²) in [5.41, 5.74) is 1.15. The molecule has 3 aromatic rings. The number of amides is 4.